The number of carbonyl (C=O) groups is 1. The van der Waals surface area contributed by atoms with Crippen molar-refractivity contribution in [1.29, 1.82) is 0 Å². The fraction of sp³-hybridized carbons (Fsp3) is 0.286. The number of fused-ring (bicyclic) bond motifs is 3. The summed E-state index contributed by atoms with van der Waals surface area (Å²) in [5, 5.41) is 7.32. The average Bonchev–Trinajstić information content (AvgIpc) is 3.28. The Morgan fingerprint density at radius 3 is 2.82 bits per heavy atom. The highest BCUT2D eigenvalue weighted by atomic mass is 16.3. The number of rotatable bonds is 7. The van der Waals surface area contributed by atoms with Crippen LogP contribution < -0.4 is 10.9 Å². The fourth-order valence-electron chi connectivity index (χ4n) is 3.45. The van der Waals surface area contributed by atoms with Crippen molar-refractivity contribution < 1.29 is 9.21 Å². The van der Waals surface area contributed by atoms with Gasteiger partial charge < -0.3 is 9.73 Å². The molecule has 0 atom stereocenters. The van der Waals surface area contributed by atoms with E-state index < -0.39 is 0 Å². The van der Waals surface area contributed by atoms with Gasteiger partial charge in [-0.15, -0.1) is 0 Å². The minimum atomic E-state index is -0.179. The van der Waals surface area contributed by atoms with E-state index in [9.17, 15) is 9.59 Å². The Morgan fingerprint density at radius 1 is 1.18 bits per heavy atom. The summed E-state index contributed by atoms with van der Waals surface area (Å²) < 4.78 is 8.62. The van der Waals surface area contributed by atoms with Gasteiger partial charge in [0.2, 0.25) is 5.91 Å². The third-order valence-corrected chi connectivity index (χ3v) is 4.82. The van der Waals surface area contributed by atoms with Gasteiger partial charge in [-0.1, -0.05) is 30.3 Å². The first-order valence-corrected chi connectivity index (χ1v) is 9.40. The molecule has 144 valence electrons. The van der Waals surface area contributed by atoms with Crippen molar-refractivity contribution in [2.75, 3.05) is 6.54 Å². The first-order chi connectivity index (χ1) is 13.6. The highest BCUT2D eigenvalue weighted by Crippen LogP contribution is 2.19. The lowest BCUT2D eigenvalue weighted by Gasteiger charge is -2.09. The van der Waals surface area contributed by atoms with Gasteiger partial charge in [-0.2, -0.15) is 5.10 Å². The maximum absolute atomic E-state index is 12.7. The highest BCUT2D eigenvalue weighted by Gasteiger charge is 2.14. The number of hydrogen-bond donors (Lipinski definition) is 1. The predicted octanol–water partition coefficient (Wildman–Crippen LogP) is 2.69. The molecular formula is C21H22N4O3. The van der Waals surface area contributed by atoms with Crippen molar-refractivity contribution in [1.82, 2.24) is 19.5 Å². The van der Waals surface area contributed by atoms with E-state index in [0.29, 0.717) is 42.9 Å². The Balaban J connectivity index is 1.34. The Hall–Kier alpha value is -3.35. The molecule has 1 N–H and O–H groups in total. The second kappa shape index (κ2) is 7.72. The molecule has 0 bridgehead atoms. The first kappa shape index (κ1) is 18.0. The van der Waals surface area contributed by atoms with Gasteiger partial charge in [-0.05, 0) is 25.3 Å². The molecule has 1 amide bonds. The highest BCUT2D eigenvalue weighted by molar-refractivity contribution is 5.82. The monoisotopic (exact) mass is 378 g/mol. The molecule has 0 unspecified atom stereocenters. The third kappa shape index (κ3) is 3.55. The molecule has 0 aliphatic heterocycles. The van der Waals surface area contributed by atoms with Crippen LogP contribution in [0.15, 0.2) is 57.9 Å². The van der Waals surface area contributed by atoms with E-state index in [4.69, 9.17) is 4.42 Å². The van der Waals surface area contributed by atoms with Crippen molar-refractivity contribution in [3.05, 3.63) is 70.5 Å². The molecule has 7 heteroatoms. The van der Waals surface area contributed by atoms with Crippen LogP contribution in [0.25, 0.3) is 16.6 Å². The van der Waals surface area contributed by atoms with Crippen LogP contribution in [-0.2, 0) is 17.8 Å². The molecule has 7 nitrogen and oxygen atoms in total. The number of nitrogens with zero attached hydrogens (tertiary/aromatic N) is 3. The molecule has 0 radical (unpaired) electrons. The Kier molecular flexibility index (Phi) is 4.97. The molecule has 1 aromatic carbocycles. The standard InChI is InChI=1S/C21H22N4O3/c1-15-23-24(21(27)18-14-19-17(25(15)18)10-13-28-19)12-5-8-20(26)22-11-9-16-6-3-2-4-7-16/h2-4,6-7,10,13-14H,5,8-9,11-12H2,1H3,(H,22,26). The molecule has 0 saturated carbocycles. The van der Waals surface area contributed by atoms with E-state index >= 15 is 0 Å². The average molecular weight is 378 g/mol. The largest absolute Gasteiger partial charge is 0.463 e. The van der Waals surface area contributed by atoms with Crippen LogP contribution >= 0.6 is 0 Å². The van der Waals surface area contributed by atoms with E-state index in [1.165, 1.54) is 10.2 Å². The summed E-state index contributed by atoms with van der Waals surface area (Å²) >= 11 is 0. The molecule has 3 aromatic heterocycles. The molecule has 28 heavy (non-hydrogen) atoms. The van der Waals surface area contributed by atoms with Gasteiger partial charge in [0.15, 0.2) is 5.58 Å². The molecule has 0 aliphatic carbocycles. The Bertz CT molecular complexity index is 1170. The van der Waals surface area contributed by atoms with Crippen molar-refractivity contribution >= 4 is 22.5 Å². The van der Waals surface area contributed by atoms with Crippen LogP contribution in [0.1, 0.15) is 24.2 Å². The maximum atomic E-state index is 12.7. The minimum absolute atomic E-state index is 0.0121. The maximum Gasteiger partial charge on any atom is 0.291 e. The third-order valence-electron chi connectivity index (χ3n) is 4.82. The number of nitrogens with one attached hydrogen (secondary N) is 1. The van der Waals surface area contributed by atoms with Crippen LogP contribution in [0.4, 0.5) is 0 Å². The van der Waals surface area contributed by atoms with Gasteiger partial charge >= 0.3 is 0 Å². The molecule has 4 aromatic rings. The van der Waals surface area contributed by atoms with E-state index in [1.54, 1.807) is 16.7 Å². The van der Waals surface area contributed by atoms with E-state index in [-0.39, 0.29) is 11.5 Å². The van der Waals surface area contributed by atoms with E-state index in [2.05, 4.69) is 10.4 Å². The van der Waals surface area contributed by atoms with Gasteiger partial charge in [0.25, 0.3) is 5.56 Å². The lowest BCUT2D eigenvalue weighted by atomic mass is 10.1. The zero-order valence-corrected chi connectivity index (χ0v) is 15.7. The quantitative estimate of drug-likeness (QED) is 0.536. The zero-order valence-electron chi connectivity index (χ0n) is 15.7. The smallest absolute Gasteiger partial charge is 0.291 e. The minimum Gasteiger partial charge on any atom is -0.463 e. The van der Waals surface area contributed by atoms with E-state index in [0.717, 1.165) is 11.9 Å². The molecule has 4 rings (SSSR count). The molecule has 0 saturated heterocycles. The lowest BCUT2D eigenvalue weighted by Crippen LogP contribution is -2.28. The van der Waals surface area contributed by atoms with Gasteiger partial charge in [0, 0.05) is 31.6 Å². The predicted molar refractivity (Wildman–Crippen MR) is 106 cm³/mol. The van der Waals surface area contributed by atoms with Gasteiger partial charge in [0.05, 0.1) is 11.8 Å². The van der Waals surface area contributed by atoms with E-state index in [1.807, 2.05) is 43.3 Å². The summed E-state index contributed by atoms with van der Waals surface area (Å²) in [6.07, 6.45) is 3.31. The molecule has 3 heterocycles. The summed E-state index contributed by atoms with van der Waals surface area (Å²) in [6.45, 7) is 2.86. The van der Waals surface area contributed by atoms with Gasteiger partial charge in [0.1, 0.15) is 11.3 Å². The summed E-state index contributed by atoms with van der Waals surface area (Å²) in [7, 11) is 0. The summed E-state index contributed by atoms with van der Waals surface area (Å²) in [6, 6.07) is 13.6. The number of aromatic nitrogens is 3. The van der Waals surface area contributed by atoms with Crippen LogP contribution in [-0.4, -0.2) is 26.6 Å². The van der Waals surface area contributed by atoms with Crippen LogP contribution in [0.5, 0.6) is 0 Å². The lowest BCUT2D eigenvalue weighted by molar-refractivity contribution is -0.121. The van der Waals surface area contributed by atoms with Crippen molar-refractivity contribution in [3.63, 3.8) is 0 Å². The molecule has 0 spiro atoms. The number of furan rings is 1. The number of carbonyl (C=O) groups excluding carboxylic acids is 1. The zero-order chi connectivity index (χ0) is 19.5. The summed E-state index contributed by atoms with van der Waals surface area (Å²) in [4.78, 5) is 24.7. The molecular weight excluding hydrogens is 356 g/mol. The van der Waals surface area contributed by atoms with Gasteiger partial charge in [-0.3, -0.25) is 14.0 Å². The van der Waals surface area contributed by atoms with Crippen LogP contribution in [0.3, 0.4) is 0 Å². The number of aryl methyl sites for hydroxylation is 2. The SMILES string of the molecule is Cc1nn(CCCC(=O)NCCc2ccccc2)c(=O)c2cc3occc3n12. The topological polar surface area (TPSA) is 81.5 Å². The van der Waals surface area contributed by atoms with Crippen molar-refractivity contribution in [2.45, 2.75) is 32.7 Å². The second-order valence-corrected chi connectivity index (χ2v) is 6.80. The summed E-state index contributed by atoms with van der Waals surface area (Å²) in [5.74, 6) is 0.695. The number of hydrogen-bond acceptors (Lipinski definition) is 4. The van der Waals surface area contributed by atoms with Crippen molar-refractivity contribution in [3.8, 4) is 0 Å². The normalized spacial score (nSPS) is 11.3. The summed E-state index contributed by atoms with van der Waals surface area (Å²) in [5.41, 5.74) is 3.05. The fourth-order valence-corrected chi connectivity index (χ4v) is 3.45. The molecule has 0 aliphatic rings. The van der Waals surface area contributed by atoms with Crippen LogP contribution in [0, 0.1) is 6.92 Å². The van der Waals surface area contributed by atoms with Crippen LogP contribution in [0.2, 0.25) is 0 Å². The second-order valence-electron chi connectivity index (χ2n) is 6.80. The van der Waals surface area contributed by atoms with Gasteiger partial charge in [-0.25, -0.2) is 4.68 Å². The van der Waals surface area contributed by atoms with Crippen molar-refractivity contribution in [2.24, 2.45) is 0 Å². The Morgan fingerprint density at radius 2 is 2.00 bits per heavy atom. The number of benzene rings is 1. The molecule has 0 fully saturated rings. The Labute approximate surface area is 161 Å². The first-order valence-electron chi connectivity index (χ1n) is 9.40. The number of amides is 1.